The van der Waals surface area contributed by atoms with E-state index in [9.17, 15) is 9.59 Å². The maximum Gasteiger partial charge on any atom is 0.331 e. The Morgan fingerprint density at radius 3 is 1.87 bits per heavy atom. The first-order valence-electron chi connectivity index (χ1n) is 4.83. The summed E-state index contributed by atoms with van der Waals surface area (Å²) in [5.74, 6) is -1.28. The molecule has 1 unspecified atom stereocenters. The van der Waals surface area contributed by atoms with Crippen LogP contribution in [0.15, 0.2) is 11.1 Å². The molecule has 0 rings (SSSR count). The molecule has 0 spiro atoms. The molecule has 0 radical (unpaired) electrons. The number of carbonyl (C=O) groups excluding carboxylic acids is 1. The number of ketones is 1. The molecule has 3 N–H and O–H groups in total. The Morgan fingerprint density at radius 2 is 1.60 bits per heavy atom. The fourth-order valence-electron chi connectivity index (χ4n) is 1.02. The van der Waals surface area contributed by atoms with Gasteiger partial charge in [0.25, 0.3) is 0 Å². The van der Waals surface area contributed by atoms with Crippen LogP contribution >= 0.6 is 0 Å². The molecule has 4 heteroatoms. The number of carbonyl (C=O) groups is 2. The monoisotopic (exact) mass is 213 g/mol. The third-order valence-electron chi connectivity index (χ3n) is 2.95. The van der Waals surface area contributed by atoms with E-state index < -0.39 is 11.4 Å². The second-order valence-corrected chi connectivity index (χ2v) is 4.39. The van der Waals surface area contributed by atoms with Crippen molar-refractivity contribution in [1.82, 2.24) is 0 Å². The van der Waals surface area contributed by atoms with E-state index in [0.717, 1.165) is 0 Å². The minimum absolute atomic E-state index is 0.0775. The first-order valence-corrected chi connectivity index (χ1v) is 4.83. The molecular weight excluding hydrogens is 194 g/mol. The number of hydrogen-bond donors (Lipinski definition) is 2. The molecular formula is C11H19NO3. The molecule has 0 aromatic heterocycles. The Labute approximate surface area is 90.2 Å². The minimum atomic E-state index is -1.07. The summed E-state index contributed by atoms with van der Waals surface area (Å²) < 4.78 is 0. The highest BCUT2D eigenvalue weighted by molar-refractivity contribution is 6.05. The molecule has 0 bridgehead atoms. The van der Waals surface area contributed by atoms with Gasteiger partial charge < -0.3 is 10.8 Å². The highest BCUT2D eigenvalue weighted by atomic mass is 16.4. The van der Waals surface area contributed by atoms with E-state index in [1.165, 1.54) is 13.8 Å². The van der Waals surface area contributed by atoms with E-state index in [2.05, 4.69) is 0 Å². The van der Waals surface area contributed by atoms with Crippen LogP contribution in [0.2, 0.25) is 0 Å². The third kappa shape index (κ3) is 2.89. The number of hydrogen-bond acceptors (Lipinski definition) is 3. The normalized spacial score (nSPS) is 15.6. The van der Waals surface area contributed by atoms with E-state index in [1.807, 2.05) is 0 Å². The Morgan fingerprint density at radius 1 is 1.20 bits per heavy atom. The summed E-state index contributed by atoms with van der Waals surface area (Å²) in [6.45, 7) is 8.13. The summed E-state index contributed by atoms with van der Waals surface area (Å²) in [5, 5.41) is 8.76. The summed E-state index contributed by atoms with van der Waals surface area (Å²) in [4.78, 5) is 22.7. The standard InChI is InChI=1S/C11H19NO3/c1-6(7(2)10(14)15)9(13)11(4,5)8(3)12/h8H,12H2,1-5H3,(H,14,15). The fraction of sp³-hybridized carbons (Fsp3) is 0.636. The summed E-state index contributed by atoms with van der Waals surface area (Å²) in [6, 6.07) is -0.318. The number of rotatable bonds is 4. The van der Waals surface area contributed by atoms with Gasteiger partial charge in [-0.3, -0.25) is 4.79 Å². The predicted octanol–water partition coefficient (Wildman–Crippen LogP) is 1.35. The van der Waals surface area contributed by atoms with Gasteiger partial charge in [0.1, 0.15) is 0 Å². The first kappa shape index (κ1) is 13.8. The van der Waals surface area contributed by atoms with Crippen LogP contribution in [0.5, 0.6) is 0 Å². The van der Waals surface area contributed by atoms with E-state index in [4.69, 9.17) is 10.8 Å². The molecule has 0 fully saturated rings. The van der Waals surface area contributed by atoms with Crippen LogP contribution in [0.25, 0.3) is 0 Å². The molecule has 0 saturated carbocycles. The number of nitrogens with two attached hydrogens (primary N) is 1. The number of Topliss-reactive ketones (excluding diaryl/α,β-unsaturated/α-hetero) is 1. The van der Waals surface area contributed by atoms with Gasteiger partial charge >= 0.3 is 5.97 Å². The lowest BCUT2D eigenvalue weighted by molar-refractivity contribution is -0.133. The number of carboxylic acid groups (broad SMARTS) is 1. The van der Waals surface area contributed by atoms with Gasteiger partial charge in [-0.25, -0.2) is 4.79 Å². The zero-order valence-electron chi connectivity index (χ0n) is 9.92. The number of aliphatic carboxylic acids is 1. The van der Waals surface area contributed by atoms with Gasteiger partial charge in [0.15, 0.2) is 5.78 Å². The van der Waals surface area contributed by atoms with Crippen molar-refractivity contribution in [2.75, 3.05) is 0 Å². The molecule has 0 aliphatic rings. The van der Waals surface area contributed by atoms with E-state index >= 15 is 0 Å². The van der Waals surface area contributed by atoms with Crippen molar-refractivity contribution in [3.05, 3.63) is 11.1 Å². The van der Waals surface area contributed by atoms with Crippen LogP contribution in [0, 0.1) is 5.41 Å². The molecule has 86 valence electrons. The lowest BCUT2D eigenvalue weighted by Crippen LogP contribution is -2.41. The molecule has 1 atom stereocenters. The van der Waals surface area contributed by atoms with Gasteiger partial charge in [-0.05, 0) is 20.8 Å². The van der Waals surface area contributed by atoms with Crippen LogP contribution in [0.1, 0.15) is 34.6 Å². The summed E-state index contributed by atoms with van der Waals surface area (Å²) in [5.41, 5.74) is 5.30. The topological polar surface area (TPSA) is 80.4 Å². The first-order chi connectivity index (χ1) is 6.62. The number of allylic oxidation sites excluding steroid dienone is 1. The summed E-state index contributed by atoms with van der Waals surface area (Å²) in [6.07, 6.45) is 0. The van der Waals surface area contributed by atoms with Crippen molar-refractivity contribution in [3.63, 3.8) is 0 Å². The van der Waals surface area contributed by atoms with Crippen LogP contribution in [0.4, 0.5) is 0 Å². The Balaban J connectivity index is 5.21. The van der Waals surface area contributed by atoms with Gasteiger partial charge in [0, 0.05) is 22.6 Å². The second-order valence-electron chi connectivity index (χ2n) is 4.39. The van der Waals surface area contributed by atoms with E-state index in [1.54, 1.807) is 20.8 Å². The van der Waals surface area contributed by atoms with E-state index in [-0.39, 0.29) is 23.0 Å². The van der Waals surface area contributed by atoms with Gasteiger partial charge in [0.05, 0.1) is 0 Å². The molecule has 0 amide bonds. The molecule has 0 aromatic carbocycles. The van der Waals surface area contributed by atoms with Gasteiger partial charge in [-0.2, -0.15) is 0 Å². The lowest BCUT2D eigenvalue weighted by Gasteiger charge is -2.27. The fourth-order valence-corrected chi connectivity index (χ4v) is 1.02. The molecule has 0 heterocycles. The molecule has 0 aromatic rings. The highest BCUT2D eigenvalue weighted by Crippen LogP contribution is 2.25. The van der Waals surface area contributed by atoms with Crippen molar-refractivity contribution < 1.29 is 14.7 Å². The lowest BCUT2D eigenvalue weighted by atomic mass is 9.78. The van der Waals surface area contributed by atoms with Crippen LogP contribution in [-0.2, 0) is 9.59 Å². The van der Waals surface area contributed by atoms with Gasteiger partial charge in [-0.15, -0.1) is 0 Å². The van der Waals surface area contributed by atoms with Crippen LogP contribution in [0.3, 0.4) is 0 Å². The Hall–Kier alpha value is -1.16. The highest BCUT2D eigenvalue weighted by Gasteiger charge is 2.33. The maximum atomic E-state index is 12.0. The van der Waals surface area contributed by atoms with Crippen molar-refractivity contribution in [2.45, 2.75) is 40.7 Å². The maximum absolute atomic E-state index is 12.0. The Kier molecular flexibility index (Phi) is 4.22. The molecule has 15 heavy (non-hydrogen) atoms. The average molecular weight is 213 g/mol. The molecule has 0 saturated heterocycles. The summed E-state index contributed by atoms with van der Waals surface area (Å²) >= 11 is 0. The minimum Gasteiger partial charge on any atom is -0.478 e. The molecule has 4 nitrogen and oxygen atoms in total. The van der Waals surface area contributed by atoms with Crippen molar-refractivity contribution in [3.8, 4) is 0 Å². The van der Waals surface area contributed by atoms with Gasteiger partial charge in [0.2, 0.25) is 0 Å². The quantitative estimate of drug-likeness (QED) is 0.691. The second kappa shape index (κ2) is 4.57. The van der Waals surface area contributed by atoms with E-state index in [0.29, 0.717) is 0 Å². The smallest absolute Gasteiger partial charge is 0.331 e. The zero-order chi connectivity index (χ0) is 12.4. The van der Waals surface area contributed by atoms with Crippen molar-refractivity contribution >= 4 is 11.8 Å². The van der Waals surface area contributed by atoms with Gasteiger partial charge in [-0.1, -0.05) is 13.8 Å². The largest absolute Gasteiger partial charge is 0.478 e. The van der Waals surface area contributed by atoms with Crippen molar-refractivity contribution in [2.24, 2.45) is 11.1 Å². The molecule has 0 aliphatic heterocycles. The van der Waals surface area contributed by atoms with Crippen molar-refractivity contribution in [1.29, 1.82) is 0 Å². The average Bonchev–Trinajstić information content (AvgIpc) is 2.13. The van der Waals surface area contributed by atoms with Crippen LogP contribution in [-0.4, -0.2) is 22.9 Å². The zero-order valence-corrected chi connectivity index (χ0v) is 9.92. The Bertz CT molecular complexity index is 314. The number of carboxylic acids is 1. The molecule has 0 aliphatic carbocycles. The predicted molar refractivity (Wildman–Crippen MR) is 58.4 cm³/mol. The SMILES string of the molecule is CC(C(=O)O)=C(C)C(=O)C(C)(C)C(C)N. The van der Waals surface area contributed by atoms with Crippen LogP contribution < -0.4 is 5.73 Å². The third-order valence-corrected chi connectivity index (χ3v) is 2.95. The summed E-state index contributed by atoms with van der Waals surface area (Å²) in [7, 11) is 0.